The standard InChI is InChI=1S/C16H20N2O2S2/c1-5-7-18-14(19)12-10-8-16(3,4)20-9-11(10)22-13(12)17-15(18)21-6-2/h5H,1,6-9H2,2-4H3. The van der Waals surface area contributed by atoms with E-state index in [2.05, 4.69) is 27.4 Å². The Hall–Kier alpha value is -1.11. The van der Waals surface area contributed by atoms with E-state index in [-0.39, 0.29) is 11.2 Å². The van der Waals surface area contributed by atoms with Crippen molar-refractivity contribution < 1.29 is 4.74 Å². The van der Waals surface area contributed by atoms with Crippen molar-refractivity contribution in [2.24, 2.45) is 0 Å². The quantitative estimate of drug-likeness (QED) is 0.486. The summed E-state index contributed by atoms with van der Waals surface area (Å²) in [5.41, 5.74) is 0.948. The van der Waals surface area contributed by atoms with Crippen LogP contribution in [0.15, 0.2) is 22.6 Å². The molecule has 0 bridgehead atoms. The van der Waals surface area contributed by atoms with Crippen molar-refractivity contribution in [1.82, 2.24) is 9.55 Å². The molecule has 0 saturated heterocycles. The van der Waals surface area contributed by atoms with Crippen molar-refractivity contribution in [2.75, 3.05) is 5.75 Å². The Bertz CT molecular complexity index is 790. The number of nitrogens with zero attached hydrogens (tertiary/aromatic N) is 2. The Labute approximate surface area is 138 Å². The number of hydrogen-bond donors (Lipinski definition) is 0. The summed E-state index contributed by atoms with van der Waals surface area (Å²) in [7, 11) is 0. The molecule has 0 saturated carbocycles. The van der Waals surface area contributed by atoms with Gasteiger partial charge in [-0.05, 0) is 25.2 Å². The second-order valence-electron chi connectivity index (χ2n) is 5.94. The fourth-order valence-electron chi connectivity index (χ4n) is 2.74. The third-order valence-electron chi connectivity index (χ3n) is 3.74. The summed E-state index contributed by atoms with van der Waals surface area (Å²) in [4.78, 5) is 19.7. The molecular weight excluding hydrogens is 316 g/mol. The Morgan fingerprint density at radius 1 is 1.55 bits per heavy atom. The molecule has 3 rings (SSSR count). The normalized spacial score (nSPS) is 16.7. The molecule has 1 aliphatic rings. The molecule has 3 heterocycles. The van der Waals surface area contributed by atoms with E-state index < -0.39 is 0 Å². The minimum absolute atomic E-state index is 0.0519. The van der Waals surface area contributed by atoms with Gasteiger partial charge in [0.25, 0.3) is 5.56 Å². The fourth-order valence-corrected chi connectivity index (χ4v) is 4.62. The van der Waals surface area contributed by atoms with Crippen LogP contribution in [0.1, 0.15) is 31.2 Å². The van der Waals surface area contributed by atoms with E-state index in [9.17, 15) is 4.79 Å². The van der Waals surface area contributed by atoms with E-state index in [1.165, 1.54) is 0 Å². The number of aromatic nitrogens is 2. The van der Waals surface area contributed by atoms with Crippen LogP contribution in [-0.2, 0) is 24.3 Å². The van der Waals surface area contributed by atoms with Gasteiger partial charge in [0.1, 0.15) is 4.83 Å². The van der Waals surface area contributed by atoms with Gasteiger partial charge in [0, 0.05) is 17.8 Å². The number of rotatable bonds is 4. The van der Waals surface area contributed by atoms with Gasteiger partial charge in [-0.15, -0.1) is 17.9 Å². The lowest BCUT2D eigenvalue weighted by atomic mass is 9.94. The van der Waals surface area contributed by atoms with E-state index in [0.29, 0.717) is 13.2 Å². The molecule has 118 valence electrons. The van der Waals surface area contributed by atoms with Gasteiger partial charge in [-0.2, -0.15) is 0 Å². The van der Waals surface area contributed by atoms with Crippen molar-refractivity contribution in [1.29, 1.82) is 0 Å². The first-order chi connectivity index (χ1) is 10.5. The molecular formula is C16H20N2O2S2. The van der Waals surface area contributed by atoms with E-state index in [4.69, 9.17) is 9.72 Å². The number of thioether (sulfide) groups is 1. The van der Waals surface area contributed by atoms with Crippen LogP contribution >= 0.6 is 23.1 Å². The second-order valence-corrected chi connectivity index (χ2v) is 8.26. The number of fused-ring (bicyclic) bond motifs is 3. The van der Waals surface area contributed by atoms with Gasteiger partial charge in [-0.25, -0.2) is 4.98 Å². The Kier molecular flexibility index (Phi) is 4.18. The monoisotopic (exact) mass is 336 g/mol. The highest BCUT2D eigenvalue weighted by atomic mass is 32.2. The lowest BCUT2D eigenvalue weighted by molar-refractivity contribution is -0.0379. The summed E-state index contributed by atoms with van der Waals surface area (Å²) in [6, 6.07) is 0. The molecule has 0 aromatic carbocycles. The summed E-state index contributed by atoms with van der Waals surface area (Å²) in [5, 5.41) is 1.55. The summed E-state index contributed by atoms with van der Waals surface area (Å²) < 4.78 is 7.60. The molecule has 0 radical (unpaired) electrons. The number of ether oxygens (including phenoxy) is 1. The zero-order valence-corrected chi connectivity index (χ0v) is 14.8. The SMILES string of the molecule is C=CCn1c(SCC)nc2sc3c(c2c1=O)CC(C)(C)OC3. The zero-order chi connectivity index (χ0) is 15.9. The summed E-state index contributed by atoms with van der Waals surface area (Å²) in [6.07, 6.45) is 2.51. The Morgan fingerprint density at radius 2 is 2.32 bits per heavy atom. The van der Waals surface area contributed by atoms with Crippen LogP contribution in [0, 0.1) is 0 Å². The first kappa shape index (κ1) is 15.8. The smallest absolute Gasteiger partial charge is 0.263 e. The zero-order valence-electron chi connectivity index (χ0n) is 13.1. The van der Waals surface area contributed by atoms with Gasteiger partial charge in [-0.1, -0.05) is 24.8 Å². The molecule has 22 heavy (non-hydrogen) atoms. The molecule has 2 aromatic rings. The predicted octanol–water partition coefficient (Wildman–Crippen LogP) is 3.61. The number of allylic oxidation sites excluding steroid dienone is 1. The summed E-state index contributed by atoms with van der Waals surface area (Å²) in [5.74, 6) is 0.885. The highest BCUT2D eigenvalue weighted by molar-refractivity contribution is 7.99. The largest absolute Gasteiger partial charge is 0.370 e. The van der Waals surface area contributed by atoms with E-state index in [0.717, 1.165) is 38.0 Å². The maximum atomic E-state index is 13.0. The first-order valence-electron chi connectivity index (χ1n) is 7.39. The van der Waals surface area contributed by atoms with Crippen LogP contribution in [0.2, 0.25) is 0 Å². The maximum Gasteiger partial charge on any atom is 0.263 e. The molecule has 0 atom stereocenters. The van der Waals surface area contributed by atoms with E-state index in [1.54, 1.807) is 33.7 Å². The number of thiophene rings is 1. The van der Waals surface area contributed by atoms with Crippen LogP contribution in [0.4, 0.5) is 0 Å². The average molecular weight is 336 g/mol. The minimum Gasteiger partial charge on any atom is -0.370 e. The van der Waals surface area contributed by atoms with Gasteiger partial charge >= 0.3 is 0 Å². The first-order valence-corrected chi connectivity index (χ1v) is 9.19. The van der Waals surface area contributed by atoms with Crippen molar-refractivity contribution in [3.05, 3.63) is 33.4 Å². The van der Waals surface area contributed by atoms with Crippen LogP contribution in [0.3, 0.4) is 0 Å². The van der Waals surface area contributed by atoms with Crippen LogP contribution in [-0.4, -0.2) is 20.9 Å². The average Bonchev–Trinajstić information content (AvgIpc) is 2.79. The molecule has 0 amide bonds. The molecule has 0 spiro atoms. The van der Waals surface area contributed by atoms with Gasteiger partial charge in [0.2, 0.25) is 0 Å². The maximum absolute atomic E-state index is 13.0. The third-order valence-corrected chi connectivity index (χ3v) is 5.70. The van der Waals surface area contributed by atoms with E-state index in [1.807, 2.05) is 0 Å². The lowest BCUT2D eigenvalue weighted by Gasteiger charge is -2.29. The second kappa shape index (κ2) is 5.83. The van der Waals surface area contributed by atoms with Crippen molar-refractivity contribution in [3.8, 4) is 0 Å². The molecule has 0 fully saturated rings. The Morgan fingerprint density at radius 3 is 3.00 bits per heavy atom. The number of hydrogen-bond acceptors (Lipinski definition) is 5. The summed E-state index contributed by atoms with van der Waals surface area (Å²) >= 11 is 3.19. The van der Waals surface area contributed by atoms with Gasteiger partial charge in [-0.3, -0.25) is 9.36 Å². The molecule has 2 aromatic heterocycles. The van der Waals surface area contributed by atoms with Gasteiger partial charge in [0.05, 0.1) is 17.6 Å². The Balaban J connectivity index is 2.27. The molecule has 0 N–H and O–H groups in total. The van der Waals surface area contributed by atoms with Crippen molar-refractivity contribution in [2.45, 2.75) is 51.1 Å². The lowest BCUT2D eigenvalue weighted by Crippen LogP contribution is -2.32. The highest BCUT2D eigenvalue weighted by Gasteiger charge is 2.31. The van der Waals surface area contributed by atoms with Gasteiger partial charge in [0.15, 0.2) is 5.16 Å². The van der Waals surface area contributed by atoms with Crippen LogP contribution < -0.4 is 5.56 Å². The fraction of sp³-hybridized carbons (Fsp3) is 0.500. The topological polar surface area (TPSA) is 44.1 Å². The molecule has 4 nitrogen and oxygen atoms in total. The van der Waals surface area contributed by atoms with Crippen LogP contribution in [0.5, 0.6) is 0 Å². The van der Waals surface area contributed by atoms with Crippen LogP contribution in [0.25, 0.3) is 10.2 Å². The highest BCUT2D eigenvalue weighted by Crippen LogP contribution is 2.37. The molecule has 6 heteroatoms. The molecule has 0 aliphatic carbocycles. The molecule has 0 unspecified atom stereocenters. The predicted molar refractivity (Wildman–Crippen MR) is 93.0 cm³/mol. The van der Waals surface area contributed by atoms with Gasteiger partial charge < -0.3 is 4.74 Å². The minimum atomic E-state index is -0.229. The van der Waals surface area contributed by atoms with Crippen molar-refractivity contribution in [3.63, 3.8) is 0 Å². The summed E-state index contributed by atoms with van der Waals surface area (Å²) in [6.45, 7) is 11.0. The molecule has 1 aliphatic heterocycles. The third kappa shape index (κ3) is 2.64. The van der Waals surface area contributed by atoms with E-state index >= 15 is 0 Å². The van der Waals surface area contributed by atoms with Crippen molar-refractivity contribution >= 4 is 33.3 Å².